The molecule has 0 radical (unpaired) electrons. The molecule has 0 saturated carbocycles. The Labute approximate surface area is 103 Å². The van der Waals surface area contributed by atoms with Gasteiger partial charge in [-0.1, -0.05) is 6.07 Å². The maximum absolute atomic E-state index is 11.4. The van der Waals surface area contributed by atoms with E-state index in [9.17, 15) is 16.8 Å². The van der Waals surface area contributed by atoms with Crippen molar-refractivity contribution >= 4 is 32.1 Å². The molecule has 10 heteroatoms. The highest BCUT2D eigenvalue weighted by atomic mass is 32.2. The highest BCUT2D eigenvalue weighted by molar-refractivity contribution is 7.91. The lowest BCUT2D eigenvalue weighted by molar-refractivity contribution is 0.596. The fourth-order valence-corrected chi connectivity index (χ4v) is 2.56. The molecule has 0 fully saturated rings. The molecule has 0 atom stereocenters. The summed E-state index contributed by atoms with van der Waals surface area (Å²) in [7, 11) is -8.47. The Morgan fingerprint density at radius 2 is 1.28 bits per heavy atom. The molecule has 0 unspecified atom stereocenters. The second-order valence-electron chi connectivity index (χ2n) is 2.81. The van der Waals surface area contributed by atoms with Crippen molar-refractivity contribution in [1.82, 2.24) is 0 Å². The Morgan fingerprint density at radius 3 is 1.61 bits per heavy atom. The minimum Gasteiger partial charge on any atom is -0.422 e. The first kappa shape index (κ1) is 13.9. The predicted octanol–water partition coefficient (Wildman–Crippen LogP) is 0.551. The molecule has 0 N–H and O–H groups in total. The molecule has 94 valence electrons. The van der Waals surface area contributed by atoms with Crippen LogP contribution in [0.15, 0.2) is 42.9 Å². The molecule has 1 aromatic carbocycles. The van der Waals surface area contributed by atoms with Gasteiger partial charge in [0.15, 0.2) is 0 Å². The van der Waals surface area contributed by atoms with Gasteiger partial charge in [-0.25, -0.2) is 16.8 Å². The van der Waals surface area contributed by atoms with E-state index in [1.54, 1.807) is 0 Å². The van der Waals surface area contributed by atoms with E-state index in [0.717, 1.165) is 36.3 Å². The molecule has 18 heavy (non-hydrogen) atoms. The molecule has 0 aromatic heterocycles. The van der Waals surface area contributed by atoms with Crippen molar-refractivity contribution in [2.24, 2.45) is 8.80 Å². The van der Waals surface area contributed by atoms with Crippen LogP contribution in [0.2, 0.25) is 0 Å². The van der Waals surface area contributed by atoms with Crippen LogP contribution < -0.4 is 0 Å². The monoisotopic (exact) mass is 284 g/mol. The second-order valence-corrected chi connectivity index (χ2v) is 6.02. The third-order valence-electron chi connectivity index (χ3n) is 1.72. The van der Waals surface area contributed by atoms with Crippen LogP contribution in [0.1, 0.15) is 0 Å². The molecule has 0 aliphatic heterocycles. The number of benzene rings is 1. The SMILES string of the molecule is [N-]=C=NS(=O)(=O)c1cccc(S(=O)(=O)N=C=[N-])c1. The quantitative estimate of drug-likeness (QED) is 0.745. The maximum atomic E-state index is 11.4. The molecular weight excluding hydrogens is 280 g/mol. The van der Waals surface area contributed by atoms with E-state index in [4.69, 9.17) is 10.8 Å². The highest BCUT2D eigenvalue weighted by Gasteiger charge is 2.12. The lowest BCUT2D eigenvalue weighted by atomic mass is 10.4. The minimum absolute atomic E-state index is 0.474. The Hall–Kier alpha value is -2.12. The van der Waals surface area contributed by atoms with Crippen molar-refractivity contribution < 1.29 is 16.8 Å². The normalized spacial score (nSPS) is 11.1. The summed E-state index contributed by atoms with van der Waals surface area (Å²) >= 11 is 0. The summed E-state index contributed by atoms with van der Waals surface area (Å²) in [6, 6.07) is 6.25. The first-order valence-electron chi connectivity index (χ1n) is 4.16. The summed E-state index contributed by atoms with van der Waals surface area (Å²) in [6.07, 6.45) is 0. The fraction of sp³-hybridized carbons (Fsp3) is 0. The molecule has 0 saturated heterocycles. The first-order valence-corrected chi connectivity index (χ1v) is 7.04. The van der Waals surface area contributed by atoms with Crippen molar-refractivity contribution in [2.75, 3.05) is 0 Å². The first-order chi connectivity index (χ1) is 8.33. The maximum Gasteiger partial charge on any atom is 0.207 e. The minimum atomic E-state index is -4.23. The second kappa shape index (κ2) is 5.03. The topological polar surface area (TPSA) is 138 Å². The average Bonchev–Trinajstić information content (AvgIpc) is 2.29. The summed E-state index contributed by atoms with van der Waals surface area (Å²) in [6.45, 7) is 0. The molecular formula is C8H4N4O4S2-2. The van der Waals surface area contributed by atoms with Crippen molar-refractivity contribution in [3.8, 4) is 0 Å². The zero-order valence-electron chi connectivity index (χ0n) is 8.55. The van der Waals surface area contributed by atoms with Gasteiger partial charge in [0.05, 0.1) is 9.79 Å². The van der Waals surface area contributed by atoms with Crippen LogP contribution in [0.3, 0.4) is 0 Å². The highest BCUT2D eigenvalue weighted by Crippen LogP contribution is 2.18. The largest absolute Gasteiger partial charge is 0.422 e. The molecule has 0 amide bonds. The summed E-state index contributed by atoms with van der Waals surface area (Å²) in [5, 5.41) is 16.4. The molecule has 0 bridgehead atoms. The summed E-state index contributed by atoms with van der Waals surface area (Å²) in [5.41, 5.74) is 0. The van der Waals surface area contributed by atoms with Crippen LogP contribution in [0.4, 0.5) is 0 Å². The third-order valence-corrected chi connectivity index (χ3v) is 4.07. The zero-order chi connectivity index (χ0) is 13.8. The summed E-state index contributed by atoms with van der Waals surface area (Å²) < 4.78 is 50.9. The smallest absolute Gasteiger partial charge is 0.207 e. The van der Waals surface area contributed by atoms with Gasteiger partial charge in [-0.05, 0) is 18.2 Å². The number of hydrogen-bond acceptors (Lipinski definition) is 4. The summed E-state index contributed by atoms with van der Waals surface area (Å²) in [5.74, 6) is 0. The van der Waals surface area contributed by atoms with Gasteiger partial charge in [-0.15, -0.1) is 12.0 Å². The van der Waals surface area contributed by atoms with Crippen LogP contribution in [-0.2, 0) is 20.0 Å². The molecule has 0 aliphatic carbocycles. The fourth-order valence-electron chi connectivity index (χ4n) is 1.01. The lowest BCUT2D eigenvalue weighted by Crippen LogP contribution is -2.01. The van der Waals surface area contributed by atoms with Crippen molar-refractivity contribution in [1.29, 1.82) is 0 Å². The number of rotatable bonds is 4. The number of sulfonamides is 2. The Bertz CT molecular complexity index is 706. The van der Waals surface area contributed by atoms with Gasteiger partial charge in [-0.3, -0.25) is 0 Å². The van der Waals surface area contributed by atoms with Crippen LogP contribution in [-0.4, -0.2) is 28.9 Å². The Balaban J connectivity index is 3.50. The van der Waals surface area contributed by atoms with Gasteiger partial charge in [0.1, 0.15) is 0 Å². The van der Waals surface area contributed by atoms with E-state index in [-0.39, 0.29) is 0 Å². The van der Waals surface area contributed by atoms with Crippen LogP contribution in [0, 0.1) is 0 Å². The van der Waals surface area contributed by atoms with Gasteiger partial charge in [0, 0.05) is 0 Å². The van der Waals surface area contributed by atoms with E-state index in [0.29, 0.717) is 0 Å². The third kappa shape index (κ3) is 2.96. The zero-order valence-corrected chi connectivity index (χ0v) is 10.2. The van der Waals surface area contributed by atoms with Crippen LogP contribution >= 0.6 is 0 Å². The van der Waals surface area contributed by atoms with E-state index >= 15 is 0 Å². The van der Waals surface area contributed by atoms with E-state index in [2.05, 4.69) is 8.80 Å². The number of hydrogen-bond donors (Lipinski definition) is 0. The van der Waals surface area contributed by atoms with Gasteiger partial charge in [0.2, 0.25) is 20.0 Å². The lowest BCUT2D eigenvalue weighted by Gasteiger charge is -2.06. The molecule has 0 spiro atoms. The van der Waals surface area contributed by atoms with Gasteiger partial charge in [-0.2, -0.15) is 0 Å². The summed E-state index contributed by atoms with van der Waals surface area (Å²) in [4.78, 5) is -0.948. The molecule has 8 nitrogen and oxygen atoms in total. The Kier molecular flexibility index (Phi) is 3.89. The predicted molar refractivity (Wildman–Crippen MR) is 62.4 cm³/mol. The number of nitrogens with zero attached hydrogens (tertiary/aromatic N) is 4. The van der Waals surface area contributed by atoms with Gasteiger partial charge in [0.25, 0.3) is 0 Å². The van der Waals surface area contributed by atoms with Crippen molar-refractivity contribution in [3.05, 3.63) is 35.1 Å². The Morgan fingerprint density at radius 1 is 0.889 bits per heavy atom. The van der Waals surface area contributed by atoms with Crippen LogP contribution in [0.5, 0.6) is 0 Å². The van der Waals surface area contributed by atoms with E-state index < -0.39 is 29.8 Å². The molecule has 0 heterocycles. The molecule has 1 rings (SSSR count). The average molecular weight is 284 g/mol. The standard InChI is InChI=1S/C8H4N4O4S2/c9-5-11-17(13,14)7-2-1-3-8(4-7)18(15,16)12-6-10/h1-4H/q-2. The van der Waals surface area contributed by atoms with E-state index in [1.807, 2.05) is 0 Å². The van der Waals surface area contributed by atoms with E-state index in [1.165, 1.54) is 0 Å². The van der Waals surface area contributed by atoms with Crippen molar-refractivity contribution in [2.45, 2.75) is 9.79 Å². The molecule has 1 aromatic rings. The molecule has 0 aliphatic rings. The van der Waals surface area contributed by atoms with Gasteiger partial charge < -0.3 is 19.6 Å². The van der Waals surface area contributed by atoms with Gasteiger partial charge >= 0.3 is 0 Å². The van der Waals surface area contributed by atoms with Crippen LogP contribution in [0.25, 0.3) is 10.8 Å². The van der Waals surface area contributed by atoms with Crippen molar-refractivity contribution in [3.63, 3.8) is 0 Å².